The molecule has 10 nitrogen and oxygen atoms in total. The number of rotatable bonds is 8. The lowest BCUT2D eigenvalue weighted by Crippen LogP contribution is -2.32. The van der Waals surface area contributed by atoms with Gasteiger partial charge in [-0.1, -0.05) is 43.5 Å². The lowest BCUT2D eigenvalue weighted by atomic mass is 9.80. The van der Waals surface area contributed by atoms with Crippen LogP contribution >= 0.6 is 0 Å². The van der Waals surface area contributed by atoms with Crippen LogP contribution in [0.25, 0.3) is 22.8 Å². The molecule has 3 aromatic heterocycles. The molecule has 11 heteroatoms. The van der Waals surface area contributed by atoms with Crippen LogP contribution in [0, 0.1) is 23.6 Å². The van der Waals surface area contributed by atoms with Gasteiger partial charge in [0.2, 0.25) is 11.6 Å². The van der Waals surface area contributed by atoms with Crippen molar-refractivity contribution in [2.24, 2.45) is 17.8 Å². The number of aliphatic hydroxyl groups is 1. The Labute approximate surface area is 231 Å². The molecule has 2 atom stereocenters. The molecule has 0 bridgehead atoms. The Hall–Kier alpha value is -3.60. The number of hydrogen-bond donors (Lipinski definition) is 3. The van der Waals surface area contributed by atoms with E-state index in [4.69, 9.17) is 14.5 Å². The normalized spacial score (nSPS) is 22.1. The molecule has 2 fully saturated rings. The largest absolute Gasteiger partial charge is 0.439 e. The van der Waals surface area contributed by atoms with Crippen molar-refractivity contribution < 1.29 is 14.0 Å². The lowest BCUT2D eigenvalue weighted by Gasteiger charge is -2.33. The summed E-state index contributed by atoms with van der Waals surface area (Å²) in [4.78, 5) is 28.5. The molecule has 2 aliphatic rings. The summed E-state index contributed by atoms with van der Waals surface area (Å²) in [6.07, 6.45) is 7.94. The Morgan fingerprint density at radius 1 is 1.20 bits per heavy atom. The summed E-state index contributed by atoms with van der Waals surface area (Å²) in [6, 6.07) is 6.11. The zero-order valence-corrected chi connectivity index (χ0v) is 23.2. The number of halogens is 1. The molecule has 0 radical (unpaired) electrons. The van der Waals surface area contributed by atoms with E-state index in [-0.39, 0.29) is 17.7 Å². The number of nitrogens with one attached hydrogen (secondary N) is 2. The van der Waals surface area contributed by atoms with Gasteiger partial charge in [0, 0.05) is 12.6 Å². The number of anilines is 1. The third-order valence-corrected chi connectivity index (χ3v) is 8.87. The molecular weight excluding hydrogens is 513 g/mol. The molecule has 1 aromatic carbocycles. The van der Waals surface area contributed by atoms with Crippen molar-refractivity contribution in [1.82, 2.24) is 29.7 Å². The van der Waals surface area contributed by atoms with Crippen LogP contribution in [0.1, 0.15) is 77.1 Å². The number of H-pyrrole nitrogens is 1. The van der Waals surface area contributed by atoms with Gasteiger partial charge in [-0.25, -0.2) is 24.1 Å². The molecule has 1 unspecified atom stereocenters. The van der Waals surface area contributed by atoms with Crippen LogP contribution in [0.4, 0.5) is 10.2 Å². The number of benzene rings is 1. The molecule has 0 aliphatic heterocycles. The third-order valence-electron chi connectivity index (χ3n) is 8.87. The predicted molar refractivity (Wildman–Crippen MR) is 148 cm³/mol. The molecule has 0 spiro atoms. The van der Waals surface area contributed by atoms with E-state index in [0.29, 0.717) is 52.7 Å². The van der Waals surface area contributed by atoms with Crippen molar-refractivity contribution in [1.29, 1.82) is 0 Å². The molecule has 0 saturated heterocycles. The Kier molecular flexibility index (Phi) is 6.93. The first-order valence-electron chi connectivity index (χ1n) is 14.3. The number of fused-ring (bicyclic) bond motifs is 1. The average Bonchev–Trinajstić information content (AvgIpc) is 3.48. The number of nitrogens with zero attached hydrogens (tertiary/aromatic N) is 5. The van der Waals surface area contributed by atoms with E-state index >= 15 is 0 Å². The van der Waals surface area contributed by atoms with Gasteiger partial charge in [0.15, 0.2) is 11.5 Å². The highest BCUT2D eigenvalue weighted by Gasteiger charge is 2.36. The van der Waals surface area contributed by atoms with E-state index in [1.54, 1.807) is 19.1 Å². The second-order valence-electron chi connectivity index (χ2n) is 11.9. The predicted octanol–water partition coefficient (Wildman–Crippen LogP) is 4.99. The van der Waals surface area contributed by atoms with Gasteiger partial charge in [-0.3, -0.25) is 9.51 Å². The molecule has 3 N–H and O–H groups in total. The van der Waals surface area contributed by atoms with E-state index in [2.05, 4.69) is 34.3 Å². The second kappa shape index (κ2) is 10.4. The fourth-order valence-electron chi connectivity index (χ4n) is 6.08. The van der Waals surface area contributed by atoms with Gasteiger partial charge in [0.1, 0.15) is 22.8 Å². The van der Waals surface area contributed by atoms with Crippen LogP contribution in [-0.2, 0) is 12.1 Å². The molecule has 0 amide bonds. The van der Waals surface area contributed by atoms with Gasteiger partial charge in [-0.05, 0) is 75.0 Å². The molecule has 3 heterocycles. The third kappa shape index (κ3) is 5.02. The lowest BCUT2D eigenvalue weighted by molar-refractivity contribution is 0.0862. The van der Waals surface area contributed by atoms with Crippen molar-refractivity contribution in [2.45, 2.75) is 83.9 Å². The standard InChI is InChI=1S/C29H36FN7O3/c1-16-10-12-18(13-11-16)15-37-22-23(31-17(2)19-6-4-7-19)32-25(26-35-28(38)40-36-26)33-24(22)34-27(37)29(3,39)20-8-5-9-21(30)14-20/h5,8-9,14,16-19,39H,4,6-7,10-13,15H2,1-3H3,(H,31,32,33)(H,35,36,38)/t16?,17-,18?,29?/m1/s1. The smallest absolute Gasteiger partial charge is 0.377 e. The minimum absolute atomic E-state index is 0.0977. The summed E-state index contributed by atoms with van der Waals surface area (Å²) in [7, 11) is 0. The van der Waals surface area contributed by atoms with E-state index < -0.39 is 17.2 Å². The van der Waals surface area contributed by atoms with Crippen molar-refractivity contribution >= 4 is 17.0 Å². The SMILES string of the molecule is CC1CCC(Cn2c(C(C)(O)c3cccc(F)c3)nc3nc(-c4noc(=O)[nH]4)nc(N[C@H](C)C4CCC4)c32)CC1. The van der Waals surface area contributed by atoms with E-state index in [1.165, 1.54) is 18.6 Å². The number of hydrogen-bond acceptors (Lipinski definition) is 8. The average molecular weight is 550 g/mol. The van der Waals surface area contributed by atoms with Crippen molar-refractivity contribution in [3.05, 3.63) is 52.0 Å². The molecule has 4 aromatic rings. The first-order chi connectivity index (χ1) is 19.2. The number of aromatic amines is 1. The summed E-state index contributed by atoms with van der Waals surface area (Å²) in [5.41, 5.74) is -0.184. The first kappa shape index (κ1) is 26.6. The first-order valence-corrected chi connectivity index (χ1v) is 14.3. The van der Waals surface area contributed by atoms with Gasteiger partial charge in [0.05, 0.1) is 0 Å². The summed E-state index contributed by atoms with van der Waals surface area (Å²) in [5.74, 6) is 1.65. The molecule has 6 rings (SSSR count). The highest BCUT2D eigenvalue weighted by Crippen LogP contribution is 2.38. The Morgan fingerprint density at radius 3 is 2.62 bits per heavy atom. The van der Waals surface area contributed by atoms with Crippen molar-refractivity contribution in [2.75, 3.05) is 5.32 Å². The molecule has 40 heavy (non-hydrogen) atoms. The van der Waals surface area contributed by atoms with E-state index in [1.807, 2.05) is 4.57 Å². The van der Waals surface area contributed by atoms with Crippen LogP contribution in [0.15, 0.2) is 33.6 Å². The Morgan fingerprint density at radius 2 is 1.98 bits per heavy atom. The summed E-state index contributed by atoms with van der Waals surface area (Å²) in [5, 5.41) is 19.3. The Bertz CT molecular complexity index is 1560. The summed E-state index contributed by atoms with van der Waals surface area (Å²) < 4.78 is 21.0. The van der Waals surface area contributed by atoms with Gasteiger partial charge >= 0.3 is 5.76 Å². The maximum Gasteiger partial charge on any atom is 0.439 e. The van der Waals surface area contributed by atoms with Crippen LogP contribution in [0.2, 0.25) is 0 Å². The van der Waals surface area contributed by atoms with Crippen LogP contribution in [0.5, 0.6) is 0 Å². The van der Waals surface area contributed by atoms with Gasteiger partial charge in [-0.15, -0.1) is 0 Å². The maximum absolute atomic E-state index is 14.3. The molecule has 212 valence electrons. The van der Waals surface area contributed by atoms with Crippen LogP contribution < -0.4 is 11.1 Å². The quantitative estimate of drug-likeness (QED) is 0.280. The molecular formula is C29H36FN7O3. The van der Waals surface area contributed by atoms with E-state index in [0.717, 1.165) is 38.5 Å². The zero-order valence-electron chi connectivity index (χ0n) is 23.2. The highest BCUT2D eigenvalue weighted by atomic mass is 19.1. The van der Waals surface area contributed by atoms with Gasteiger partial charge in [-0.2, -0.15) is 0 Å². The molecule has 2 saturated carbocycles. The van der Waals surface area contributed by atoms with Crippen molar-refractivity contribution in [3.63, 3.8) is 0 Å². The Balaban J connectivity index is 1.54. The van der Waals surface area contributed by atoms with Gasteiger partial charge in [0.25, 0.3) is 0 Å². The number of imidazole rings is 1. The minimum Gasteiger partial charge on any atom is -0.377 e. The fraction of sp³-hybridized carbons (Fsp3) is 0.552. The van der Waals surface area contributed by atoms with Gasteiger partial charge < -0.3 is 15.0 Å². The zero-order chi connectivity index (χ0) is 28.0. The highest BCUT2D eigenvalue weighted by molar-refractivity contribution is 5.86. The topological polar surface area (TPSA) is 135 Å². The van der Waals surface area contributed by atoms with E-state index in [9.17, 15) is 14.3 Å². The fourth-order valence-corrected chi connectivity index (χ4v) is 6.08. The second-order valence-corrected chi connectivity index (χ2v) is 11.9. The maximum atomic E-state index is 14.3. The number of aromatic nitrogens is 6. The monoisotopic (exact) mass is 549 g/mol. The summed E-state index contributed by atoms with van der Waals surface area (Å²) in [6.45, 7) is 6.69. The van der Waals surface area contributed by atoms with Crippen LogP contribution in [0.3, 0.4) is 0 Å². The van der Waals surface area contributed by atoms with Crippen LogP contribution in [-0.4, -0.2) is 40.8 Å². The molecule has 2 aliphatic carbocycles. The van der Waals surface area contributed by atoms with Crippen molar-refractivity contribution in [3.8, 4) is 11.6 Å². The summed E-state index contributed by atoms with van der Waals surface area (Å²) >= 11 is 0. The minimum atomic E-state index is -1.61.